The second-order valence-electron chi connectivity index (χ2n) is 5.43. The molecule has 1 fully saturated rings. The summed E-state index contributed by atoms with van der Waals surface area (Å²) >= 11 is 0. The van der Waals surface area contributed by atoms with Crippen LogP contribution in [-0.2, 0) is 18.2 Å². The van der Waals surface area contributed by atoms with Crippen LogP contribution in [0.25, 0.3) is 0 Å². The fourth-order valence-electron chi connectivity index (χ4n) is 2.13. The molecule has 1 amide bonds. The molecule has 0 aliphatic heterocycles. The molecule has 2 N–H and O–H groups in total. The normalized spacial score (nSPS) is 14.6. The summed E-state index contributed by atoms with van der Waals surface area (Å²) < 4.78 is 7.12. The standard InChI is InChI=1S/C14H24N4O2/c1-4-11-12(15)13(18(3)16-11)14(19)17(2)7-8-20-9-10-5-6-10/h10H,4-9,15H2,1-3H3. The number of carbonyl (C=O) groups is 1. The Balaban J connectivity index is 1.90. The highest BCUT2D eigenvalue weighted by atomic mass is 16.5. The summed E-state index contributed by atoms with van der Waals surface area (Å²) in [4.78, 5) is 14.0. The Bertz CT molecular complexity index is 480. The van der Waals surface area contributed by atoms with Crippen molar-refractivity contribution in [2.45, 2.75) is 26.2 Å². The molecule has 0 unspecified atom stereocenters. The maximum absolute atomic E-state index is 12.4. The van der Waals surface area contributed by atoms with E-state index in [2.05, 4.69) is 5.10 Å². The van der Waals surface area contributed by atoms with Gasteiger partial charge in [0.25, 0.3) is 5.91 Å². The zero-order valence-corrected chi connectivity index (χ0v) is 12.6. The molecule has 0 saturated heterocycles. The number of hydrogen-bond donors (Lipinski definition) is 1. The van der Waals surface area contributed by atoms with E-state index in [0.29, 0.717) is 24.5 Å². The molecule has 0 aromatic carbocycles. The third-order valence-corrected chi connectivity index (χ3v) is 3.67. The molecule has 1 aromatic rings. The van der Waals surface area contributed by atoms with Gasteiger partial charge in [-0.3, -0.25) is 9.48 Å². The molecule has 0 spiro atoms. The highest BCUT2D eigenvalue weighted by Gasteiger charge is 2.23. The van der Waals surface area contributed by atoms with Crippen LogP contribution in [0.3, 0.4) is 0 Å². The van der Waals surface area contributed by atoms with Gasteiger partial charge >= 0.3 is 0 Å². The monoisotopic (exact) mass is 280 g/mol. The maximum atomic E-state index is 12.4. The molecule has 0 atom stereocenters. The van der Waals surface area contributed by atoms with Gasteiger partial charge in [-0.1, -0.05) is 6.92 Å². The third kappa shape index (κ3) is 3.30. The molecule has 6 nitrogen and oxygen atoms in total. The molecule has 6 heteroatoms. The van der Waals surface area contributed by atoms with Crippen molar-refractivity contribution in [3.05, 3.63) is 11.4 Å². The van der Waals surface area contributed by atoms with Gasteiger partial charge in [0, 0.05) is 27.2 Å². The lowest BCUT2D eigenvalue weighted by Crippen LogP contribution is -2.32. The van der Waals surface area contributed by atoms with E-state index in [4.69, 9.17) is 10.5 Å². The van der Waals surface area contributed by atoms with Gasteiger partial charge in [0.15, 0.2) is 0 Å². The van der Waals surface area contributed by atoms with E-state index in [0.717, 1.165) is 24.6 Å². The van der Waals surface area contributed by atoms with E-state index in [9.17, 15) is 4.79 Å². The number of aromatic nitrogens is 2. The van der Waals surface area contributed by atoms with Gasteiger partial charge in [0.05, 0.1) is 18.0 Å². The Labute approximate surface area is 119 Å². The van der Waals surface area contributed by atoms with Crippen molar-refractivity contribution in [2.24, 2.45) is 13.0 Å². The molecule has 1 aliphatic rings. The van der Waals surface area contributed by atoms with Crippen molar-refractivity contribution in [3.8, 4) is 0 Å². The van der Waals surface area contributed by atoms with Crippen molar-refractivity contribution in [1.29, 1.82) is 0 Å². The molecular weight excluding hydrogens is 256 g/mol. The van der Waals surface area contributed by atoms with Gasteiger partial charge in [0.2, 0.25) is 0 Å². The zero-order chi connectivity index (χ0) is 14.7. The first-order valence-electron chi connectivity index (χ1n) is 7.19. The fourth-order valence-corrected chi connectivity index (χ4v) is 2.13. The Morgan fingerprint density at radius 1 is 1.55 bits per heavy atom. The molecule has 2 rings (SSSR count). The van der Waals surface area contributed by atoms with Gasteiger partial charge in [0.1, 0.15) is 5.69 Å². The van der Waals surface area contributed by atoms with Crippen molar-refractivity contribution in [1.82, 2.24) is 14.7 Å². The Morgan fingerprint density at radius 2 is 2.25 bits per heavy atom. The second-order valence-corrected chi connectivity index (χ2v) is 5.43. The molecule has 112 valence electrons. The minimum Gasteiger partial charge on any atom is -0.395 e. The van der Waals surface area contributed by atoms with Crippen LogP contribution in [0.4, 0.5) is 5.69 Å². The van der Waals surface area contributed by atoms with E-state index in [1.54, 1.807) is 23.7 Å². The van der Waals surface area contributed by atoms with Crippen molar-refractivity contribution in [3.63, 3.8) is 0 Å². The van der Waals surface area contributed by atoms with Gasteiger partial charge < -0.3 is 15.4 Å². The number of amides is 1. The Morgan fingerprint density at radius 3 is 2.80 bits per heavy atom. The lowest BCUT2D eigenvalue weighted by Gasteiger charge is -2.17. The lowest BCUT2D eigenvalue weighted by molar-refractivity contribution is 0.0672. The van der Waals surface area contributed by atoms with Gasteiger partial charge in [-0.05, 0) is 25.2 Å². The number of hydrogen-bond acceptors (Lipinski definition) is 4. The van der Waals surface area contributed by atoms with Crippen LogP contribution in [0, 0.1) is 5.92 Å². The molecule has 20 heavy (non-hydrogen) atoms. The third-order valence-electron chi connectivity index (χ3n) is 3.67. The highest BCUT2D eigenvalue weighted by Crippen LogP contribution is 2.28. The summed E-state index contributed by atoms with van der Waals surface area (Å²) in [7, 11) is 3.51. The minimum absolute atomic E-state index is 0.104. The van der Waals surface area contributed by atoms with Crippen LogP contribution >= 0.6 is 0 Å². The predicted molar refractivity (Wildman–Crippen MR) is 77.5 cm³/mol. The van der Waals surface area contributed by atoms with Crippen LogP contribution < -0.4 is 5.73 Å². The summed E-state index contributed by atoms with van der Waals surface area (Å²) in [5.74, 6) is 0.642. The van der Waals surface area contributed by atoms with Crippen LogP contribution in [-0.4, -0.2) is 47.4 Å². The molecule has 1 aliphatic carbocycles. The molecule has 1 heterocycles. The quantitative estimate of drug-likeness (QED) is 0.758. The molecule has 0 radical (unpaired) electrons. The molecule has 1 saturated carbocycles. The first-order chi connectivity index (χ1) is 9.54. The second kappa shape index (κ2) is 6.26. The summed E-state index contributed by atoms with van der Waals surface area (Å²) in [5, 5.41) is 4.27. The van der Waals surface area contributed by atoms with Crippen molar-refractivity contribution < 1.29 is 9.53 Å². The topological polar surface area (TPSA) is 73.4 Å². The van der Waals surface area contributed by atoms with Crippen LogP contribution in [0.1, 0.15) is 35.9 Å². The van der Waals surface area contributed by atoms with Gasteiger partial charge in [-0.25, -0.2) is 0 Å². The largest absolute Gasteiger partial charge is 0.395 e. The number of aryl methyl sites for hydroxylation is 2. The highest BCUT2D eigenvalue weighted by molar-refractivity contribution is 5.97. The number of rotatable bonds is 7. The number of nitrogens with two attached hydrogens (primary N) is 1. The van der Waals surface area contributed by atoms with E-state index in [-0.39, 0.29) is 5.91 Å². The van der Waals surface area contributed by atoms with E-state index < -0.39 is 0 Å². The SMILES string of the molecule is CCc1nn(C)c(C(=O)N(C)CCOCC2CC2)c1N. The zero-order valence-electron chi connectivity index (χ0n) is 12.6. The van der Waals surface area contributed by atoms with E-state index >= 15 is 0 Å². The Hall–Kier alpha value is -1.56. The number of likely N-dealkylation sites (N-methyl/N-ethyl adjacent to an activating group) is 1. The number of ether oxygens (including phenoxy) is 1. The van der Waals surface area contributed by atoms with E-state index in [1.165, 1.54) is 12.8 Å². The van der Waals surface area contributed by atoms with Crippen LogP contribution in [0.2, 0.25) is 0 Å². The van der Waals surface area contributed by atoms with Crippen LogP contribution in [0.5, 0.6) is 0 Å². The smallest absolute Gasteiger partial charge is 0.274 e. The van der Waals surface area contributed by atoms with Crippen molar-refractivity contribution in [2.75, 3.05) is 32.5 Å². The number of nitrogen functional groups attached to an aromatic ring is 1. The maximum Gasteiger partial charge on any atom is 0.274 e. The average molecular weight is 280 g/mol. The average Bonchev–Trinajstić information content (AvgIpc) is 3.20. The van der Waals surface area contributed by atoms with E-state index in [1.807, 2.05) is 6.92 Å². The number of nitrogens with zero attached hydrogens (tertiary/aromatic N) is 3. The van der Waals surface area contributed by atoms with Crippen LogP contribution in [0.15, 0.2) is 0 Å². The summed E-state index contributed by atoms with van der Waals surface area (Å²) in [5.41, 5.74) is 7.72. The number of anilines is 1. The first-order valence-corrected chi connectivity index (χ1v) is 7.19. The number of carbonyl (C=O) groups excluding carboxylic acids is 1. The Kier molecular flexibility index (Phi) is 4.65. The van der Waals surface area contributed by atoms with Gasteiger partial charge in [-0.15, -0.1) is 0 Å². The summed E-state index contributed by atoms with van der Waals surface area (Å²) in [6.45, 7) is 3.92. The summed E-state index contributed by atoms with van der Waals surface area (Å²) in [6, 6.07) is 0. The predicted octanol–water partition coefficient (Wildman–Crippen LogP) is 1.06. The minimum atomic E-state index is -0.104. The molecule has 0 bridgehead atoms. The fraction of sp³-hybridized carbons (Fsp3) is 0.714. The summed E-state index contributed by atoms with van der Waals surface area (Å²) in [6.07, 6.45) is 3.28. The van der Waals surface area contributed by atoms with Gasteiger partial charge in [-0.2, -0.15) is 5.10 Å². The molecular formula is C14H24N4O2. The first kappa shape index (κ1) is 14.8. The molecule has 1 aromatic heterocycles. The lowest BCUT2D eigenvalue weighted by atomic mass is 10.2. The van der Waals surface area contributed by atoms with Crippen molar-refractivity contribution >= 4 is 11.6 Å².